The van der Waals surface area contributed by atoms with Crippen LogP contribution >= 0.6 is 0 Å². The van der Waals surface area contributed by atoms with Gasteiger partial charge in [0.2, 0.25) is 5.88 Å². The molecule has 0 spiro atoms. The van der Waals surface area contributed by atoms with E-state index in [1.54, 1.807) is 6.07 Å². The van der Waals surface area contributed by atoms with Crippen molar-refractivity contribution in [2.45, 2.75) is 25.7 Å². The number of carboxylic acid groups (broad SMARTS) is 1. The number of aryl methyl sites for hydroxylation is 2. The van der Waals surface area contributed by atoms with E-state index in [1.807, 2.05) is 0 Å². The van der Waals surface area contributed by atoms with Gasteiger partial charge < -0.3 is 9.84 Å². The van der Waals surface area contributed by atoms with Crippen LogP contribution in [0.1, 0.15) is 34.5 Å². The molecule has 0 aliphatic heterocycles. The highest BCUT2D eigenvalue weighted by Gasteiger charge is 2.19. The Kier molecular flexibility index (Phi) is 3.29. The Morgan fingerprint density at radius 2 is 2.29 bits per heavy atom. The van der Waals surface area contributed by atoms with Gasteiger partial charge in [0, 0.05) is 5.69 Å². The summed E-state index contributed by atoms with van der Waals surface area (Å²) in [7, 11) is 0. The highest BCUT2D eigenvalue weighted by atomic mass is 16.5. The fraction of sp³-hybridized carbons (Fsp3) is 0.385. The van der Waals surface area contributed by atoms with E-state index in [0.29, 0.717) is 0 Å². The van der Waals surface area contributed by atoms with E-state index in [-0.39, 0.29) is 18.1 Å². The summed E-state index contributed by atoms with van der Waals surface area (Å²) in [5.41, 5.74) is 2.05. The molecule has 1 N–H and O–H groups in total. The van der Waals surface area contributed by atoms with Crippen LogP contribution in [0.25, 0.3) is 0 Å². The lowest BCUT2D eigenvalue weighted by Crippen LogP contribution is -2.12. The molecule has 2 rings (SSSR count). The highest BCUT2D eigenvalue weighted by Crippen LogP contribution is 2.25. The Balaban J connectivity index is 2.41. The summed E-state index contributed by atoms with van der Waals surface area (Å²) in [4.78, 5) is 15.4. The average Bonchev–Trinajstić information content (AvgIpc) is 2.35. The van der Waals surface area contributed by atoms with Crippen molar-refractivity contribution in [3.63, 3.8) is 0 Å². The Morgan fingerprint density at radius 1 is 1.53 bits per heavy atom. The number of fused-ring (bicyclic) bond motifs is 1. The molecule has 0 saturated carbocycles. The molecule has 0 bridgehead atoms. The summed E-state index contributed by atoms with van der Waals surface area (Å²) in [6.45, 7) is 0.0338. The van der Waals surface area contributed by atoms with Gasteiger partial charge in [-0.05, 0) is 37.3 Å². The van der Waals surface area contributed by atoms with Crippen LogP contribution in [0.15, 0.2) is 6.07 Å². The molecule has 1 aromatic rings. The van der Waals surface area contributed by atoms with E-state index >= 15 is 0 Å². The lowest BCUT2D eigenvalue weighted by molar-refractivity contribution is 0.0691. The number of terminal acetylenes is 1. The van der Waals surface area contributed by atoms with Crippen LogP contribution in [-0.4, -0.2) is 22.7 Å². The van der Waals surface area contributed by atoms with E-state index in [1.165, 1.54) is 0 Å². The number of aromatic nitrogens is 1. The van der Waals surface area contributed by atoms with E-state index in [4.69, 9.17) is 16.3 Å². The van der Waals surface area contributed by atoms with E-state index in [2.05, 4.69) is 10.9 Å². The van der Waals surface area contributed by atoms with Gasteiger partial charge in [-0.25, -0.2) is 9.78 Å². The lowest BCUT2D eigenvalue weighted by atomic mass is 9.95. The summed E-state index contributed by atoms with van der Waals surface area (Å²) < 4.78 is 5.19. The van der Waals surface area contributed by atoms with E-state index < -0.39 is 5.97 Å². The van der Waals surface area contributed by atoms with Crippen LogP contribution in [0.2, 0.25) is 0 Å². The second-order valence-corrected chi connectivity index (χ2v) is 3.95. The molecule has 0 unspecified atom stereocenters. The number of hydrogen-bond donors (Lipinski definition) is 1. The molecule has 0 saturated heterocycles. The van der Waals surface area contributed by atoms with Crippen LogP contribution in [0, 0.1) is 12.3 Å². The Labute approximate surface area is 99.6 Å². The van der Waals surface area contributed by atoms with Gasteiger partial charge in [-0.15, -0.1) is 6.42 Å². The minimum atomic E-state index is -1.03. The number of aromatic carboxylic acids is 1. The van der Waals surface area contributed by atoms with Gasteiger partial charge in [-0.1, -0.05) is 5.92 Å². The summed E-state index contributed by atoms with van der Waals surface area (Å²) in [5.74, 6) is 1.41. The minimum absolute atomic E-state index is 0.0338. The molecule has 0 fully saturated rings. The minimum Gasteiger partial charge on any atom is -0.477 e. The Morgan fingerprint density at radius 3 is 3.00 bits per heavy atom. The van der Waals surface area contributed by atoms with Gasteiger partial charge in [-0.2, -0.15) is 0 Å². The van der Waals surface area contributed by atoms with Crippen molar-refractivity contribution in [1.29, 1.82) is 0 Å². The topological polar surface area (TPSA) is 59.4 Å². The fourth-order valence-electron chi connectivity index (χ4n) is 1.99. The Bertz CT molecular complexity index is 488. The summed E-state index contributed by atoms with van der Waals surface area (Å²) in [5, 5.41) is 9.09. The maximum absolute atomic E-state index is 11.1. The maximum Gasteiger partial charge on any atom is 0.341 e. The van der Waals surface area contributed by atoms with Crippen LogP contribution in [0.4, 0.5) is 0 Å². The van der Waals surface area contributed by atoms with Gasteiger partial charge in [0.25, 0.3) is 0 Å². The molecule has 4 nitrogen and oxygen atoms in total. The number of pyridine rings is 1. The first-order chi connectivity index (χ1) is 8.22. The van der Waals surface area contributed by atoms with Crippen molar-refractivity contribution < 1.29 is 14.6 Å². The second-order valence-electron chi connectivity index (χ2n) is 3.95. The molecule has 1 aromatic heterocycles. The van der Waals surface area contributed by atoms with Crippen molar-refractivity contribution in [3.8, 4) is 18.2 Å². The van der Waals surface area contributed by atoms with Crippen molar-refractivity contribution in [2.24, 2.45) is 0 Å². The molecular formula is C13H13NO3. The van der Waals surface area contributed by atoms with Crippen molar-refractivity contribution >= 4 is 5.97 Å². The van der Waals surface area contributed by atoms with Gasteiger partial charge in [0.05, 0.1) is 0 Å². The predicted molar refractivity (Wildman–Crippen MR) is 62.2 cm³/mol. The SMILES string of the molecule is C#CCOc1nc2c(cc1C(=O)O)CCCC2. The zero-order valence-corrected chi connectivity index (χ0v) is 9.40. The number of ether oxygens (including phenoxy) is 1. The van der Waals surface area contributed by atoms with Crippen molar-refractivity contribution in [1.82, 2.24) is 4.98 Å². The number of carbonyl (C=O) groups is 1. The van der Waals surface area contributed by atoms with Crippen LogP contribution in [0.5, 0.6) is 5.88 Å². The van der Waals surface area contributed by atoms with E-state index in [9.17, 15) is 4.79 Å². The molecule has 0 radical (unpaired) electrons. The molecule has 1 heterocycles. The molecule has 88 valence electrons. The second kappa shape index (κ2) is 4.88. The van der Waals surface area contributed by atoms with Crippen LogP contribution in [-0.2, 0) is 12.8 Å². The van der Waals surface area contributed by atoms with Gasteiger partial charge in [0.15, 0.2) is 6.61 Å². The fourth-order valence-corrected chi connectivity index (χ4v) is 1.99. The first kappa shape index (κ1) is 11.5. The molecule has 1 aliphatic carbocycles. The van der Waals surface area contributed by atoms with Crippen LogP contribution in [0.3, 0.4) is 0 Å². The molecular weight excluding hydrogens is 218 g/mol. The number of carboxylic acids is 1. The van der Waals surface area contributed by atoms with Crippen molar-refractivity contribution in [2.75, 3.05) is 6.61 Å². The normalized spacial score (nSPS) is 13.6. The zero-order chi connectivity index (χ0) is 12.3. The quantitative estimate of drug-likeness (QED) is 0.804. The number of hydrogen-bond acceptors (Lipinski definition) is 3. The molecule has 4 heteroatoms. The summed E-state index contributed by atoms with van der Waals surface area (Å²) in [6.07, 6.45) is 9.02. The lowest BCUT2D eigenvalue weighted by Gasteiger charge is -2.17. The first-order valence-electron chi connectivity index (χ1n) is 5.54. The molecule has 1 aliphatic rings. The predicted octanol–water partition coefficient (Wildman–Crippen LogP) is 1.67. The summed E-state index contributed by atoms with van der Waals surface area (Å²) in [6, 6.07) is 1.66. The standard InChI is InChI=1S/C13H13NO3/c1-2-7-17-12-10(13(15)16)8-9-5-3-4-6-11(9)14-12/h1,8H,3-7H2,(H,15,16). The van der Waals surface area contributed by atoms with E-state index in [0.717, 1.165) is 36.9 Å². The van der Waals surface area contributed by atoms with Crippen molar-refractivity contribution in [3.05, 3.63) is 22.9 Å². The molecule has 0 amide bonds. The number of nitrogens with zero attached hydrogens (tertiary/aromatic N) is 1. The van der Waals surface area contributed by atoms with Gasteiger partial charge in [0.1, 0.15) is 5.56 Å². The zero-order valence-electron chi connectivity index (χ0n) is 9.40. The monoisotopic (exact) mass is 231 g/mol. The molecule has 17 heavy (non-hydrogen) atoms. The van der Waals surface area contributed by atoms with Crippen LogP contribution < -0.4 is 4.74 Å². The summed E-state index contributed by atoms with van der Waals surface area (Å²) >= 11 is 0. The highest BCUT2D eigenvalue weighted by molar-refractivity contribution is 5.90. The third kappa shape index (κ3) is 2.39. The molecule has 0 atom stereocenters. The Hall–Kier alpha value is -2.02. The molecule has 0 aromatic carbocycles. The maximum atomic E-state index is 11.1. The third-order valence-corrected chi connectivity index (χ3v) is 2.79. The largest absolute Gasteiger partial charge is 0.477 e. The smallest absolute Gasteiger partial charge is 0.341 e. The third-order valence-electron chi connectivity index (χ3n) is 2.79. The number of rotatable bonds is 3. The van der Waals surface area contributed by atoms with Gasteiger partial charge >= 0.3 is 5.97 Å². The average molecular weight is 231 g/mol. The first-order valence-corrected chi connectivity index (χ1v) is 5.54. The van der Waals surface area contributed by atoms with Gasteiger partial charge in [-0.3, -0.25) is 0 Å².